The molecule has 0 saturated carbocycles. The Balaban J connectivity index is 1.57. The van der Waals surface area contributed by atoms with Crippen molar-refractivity contribution in [1.82, 2.24) is 20.5 Å². The third-order valence-corrected chi connectivity index (χ3v) is 3.97. The number of rotatable bonds is 7. The molecule has 0 aliphatic carbocycles. The Morgan fingerprint density at radius 1 is 1.38 bits per heavy atom. The molecule has 132 valence electrons. The highest BCUT2D eigenvalue weighted by atomic mass is 16.6. The van der Waals surface area contributed by atoms with Crippen molar-refractivity contribution < 1.29 is 14.3 Å². The molecule has 1 aromatic heterocycles. The molecule has 7 heteroatoms. The van der Waals surface area contributed by atoms with Gasteiger partial charge in [0.1, 0.15) is 0 Å². The van der Waals surface area contributed by atoms with Gasteiger partial charge in [0.15, 0.2) is 0 Å². The molecule has 2 amide bonds. The Labute approximate surface area is 142 Å². The highest BCUT2D eigenvalue weighted by Crippen LogP contribution is 2.11. The van der Waals surface area contributed by atoms with Gasteiger partial charge in [-0.2, -0.15) is 0 Å². The summed E-state index contributed by atoms with van der Waals surface area (Å²) in [6.07, 6.45) is 5.27. The zero-order chi connectivity index (χ0) is 17.2. The average Bonchev–Trinajstić information content (AvgIpc) is 2.60. The maximum absolute atomic E-state index is 12.0. The van der Waals surface area contributed by atoms with E-state index in [1.165, 1.54) is 0 Å². The standard InChI is InChI=1S/C17H26N4O3/c1-2-24-17(23)21-10-6-15(7-11-21)20-16(22)5-9-19-13-14-4-3-8-18-12-14/h3-4,8,12,15,19H,2,5-7,9-11,13H2,1H3,(H,20,22). The van der Waals surface area contributed by atoms with Gasteiger partial charge in [-0.1, -0.05) is 6.07 Å². The van der Waals surface area contributed by atoms with Gasteiger partial charge in [0.2, 0.25) is 5.91 Å². The van der Waals surface area contributed by atoms with Crippen molar-refractivity contribution in [2.24, 2.45) is 0 Å². The maximum atomic E-state index is 12.0. The predicted octanol–water partition coefficient (Wildman–Crippen LogP) is 1.30. The first kappa shape index (κ1) is 18.2. The Morgan fingerprint density at radius 3 is 2.83 bits per heavy atom. The fraction of sp³-hybridized carbons (Fsp3) is 0.588. The van der Waals surface area contributed by atoms with Crippen molar-refractivity contribution in [3.63, 3.8) is 0 Å². The van der Waals surface area contributed by atoms with Crippen molar-refractivity contribution in [3.05, 3.63) is 30.1 Å². The van der Waals surface area contributed by atoms with E-state index in [-0.39, 0.29) is 18.0 Å². The second kappa shape index (κ2) is 9.87. The molecule has 1 aliphatic rings. The second-order valence-electron chi connectivity index (χ2n) is 5.82. The van der Waals surface area contributed by atoms with Crippen LogP contribution in [0.25, 0.3) is 0 Å². The lowest BCUT2D eigenvalue weighted by molar-refractivity contribution is -0.122. The van der Waals surface area contributed by atoms with E-state index in [2.05, 4.69) is 15.6 Å². The number of aromatic nitrogens is 1. The van der Waals surface area contributed by atoms with E-state index in [9.17, 15) is 9.59 Å². The number of carbonyl (C=O) groups is 2. The number of likely N-dealkylation sites (tertiary alicyclic amines) is 1. The number of piperidine rings is 1. The van der Waals surface area contributed by atoms with Crippen molar-refractivity contribution in [1.29, 1.82) is 0 Å². The summed E-state index contributed by atoms with van der Waals surface area (Å²) < 4.78 is 4.99. The van der Waals surface area contributed by atoms with Crippen LogP contribution in [0.2, 0.25) is 0 Å². The number of hydrogen-bond acceptors (Lipinski definition) is 5. The zero-order valence-electron chi connectivity index (χ0n) is 14.2. The molecule has 0 bridgehead atoms. The number of nitrogens with zero attached hydrogens (tertiary/aromatic N) is 2. The van der Waals surface area contributed by atoms with Gasteiger partial charge in [0, 0.05) is 51.0 Å². The number of carbonyl (C=O) groups excluding carboxylic acids is 2. The molecule has 2 N–H and O–H groups in total. The lowest BCUT2D eigenvalue weighted by Crippen LogP contribution is -2.47. The topological polar surface area (TPSA) is 83.6 Å². The highest BCUT2D eigenvalue weighted by Gasteiger charge is 2.24. The first-order chi connectivity index (χ1) is 11.7. The summed E-state index contributed by atoms with van der Waals surface area (Å²) in [5.74, 6) is 0.0447. The second-order valence-corrected chi connectivity index (χ2v) is 5.82. The number of hydrogen-bond donors (Lipinski definition) is 2. The summed E-state index contributed by atoms with van der Waals surface area (Å²) in [5.41, 5.74) is 1.10. The van der Waals surface area contributed by atoms with E-state index in [0.717, 1.165) is 18.4 Å². The number of ether oxygens (including phenoxy) is 1. The molecule has 0 radical (unpaired) electrons. The molecule has 2 heterocycles. The Hall–Kier alpha value is -2.15. The molecule has 1 saturated heterocycles. The van der Waals surface area contributed by atoms with Crippen LogP contribution in [-0.4, -0.2) is 54.2 Å². The van der Waals surface area contributed by atoms with Crippen molar-refractivity contribution in [3.8, 4) is 0 Å². The predicted molar refractivity (Wildman–Crippen MR) is 90.3 cm³/mol. The van der Waals surface area contributed by atoms with Crippen LogP contribution in [0.15, 0.2) is 24.5 Å². The van der Waals surface area contributed by atoms with Gasteiger partial charge in [-0.3, -0.25) is 9.78 Å². The van der Waals surface area contributed by atoms with Crippen molar-refractivity contribution in [2.75, 3.05) is 26.2 Å². The van der Waals surface area contributed by atoms with Crippen LogP contribution in [0.4, 0.5) is 4.79 Å². The van der Waals surface area contributed by atoms with E-state index in [1.807, 2.05) is 18.3 Å². The molecule has 0 aromatic carbocycles. The molecule has 2 rings (SSSR count). The van der Waals surface area contributed by atoms with Crippen molar-refractivity contribution >= 4 is 12.0 Å². The maximum Gasteiger partial charge on any atom is 0.409 e. The van der Waals surface area contributed by atoms with Crippen LogP contribution >= 0.6 is 0 Å². The molecular formula is C17H26N4O3. The van der Waals surface area contributed by atoms with Gasteiger partial charge in [-0.15, -0.1) is 0 Å². The lowest BCUT2D eigenvalue weighted by atomic mass is 10.1. The van der Waals surface area contributed by atoms with Crippen LogP contribution in [0, 0.1) is 0 Å². The number of nitrogens with one attached hydrogen (secondary N) is 2. The van der Waals surface area contributed by atoms with Gasteiger partial charge in [0.05, 0.1) is 6.61 Å². The Kier molecular flexibility index (Phi) is 7.48. The van der Waals surface area contributed by atoms with Crippen LogP contribution in [0.5, 0.6) is 0 Å². The Bertz CT molecular complexity index is 516. The minimum Gasteiger partial charge on any atom is -0.450 e. The van der Waals surface area contributed by atoms with E-state index < -0.39 is 0 Å². The quantitative estimate of drug-likeness (QED) is 0.734. The summed E-state index contributed by atoms with van der Waals surface area (Å²) in [6, 6.07) is 4.03. The Morgan fingerprint density at radius 2 is 2.17 bits per heavy atom. The molecule has 1 aliphatic heterocycles. The molecule has 1 fully saturated rings. The van der Waals surface area contributed by atoms with Gasteiger partial charge in [-0.05, 0) is 31.4 Å². The van der Waals surface area contributed by atoms with Crippen LogP contribution in [-0.2, 0) is 16.1 Å². The SMILES string of the molecule is CCOC(=O)N1CCC(NC(=O)CCNCc2cccnc2)CC1. The molecule has 7 nitrogen and oxygen atoms in total. The number of pyridine rings is 1. The van der Waals surface area contributed by atoms with E-state index >= 15 is 0 Å². The normalized spacial score (nSPS) is 15.1. The average molecular weight is 334 g/mol. The smallest absolute Gasteiger partial charge is 0.409 e. The summed E-state index contributed by atoms with van der Waals surface area (Å²) in [5, 5.41) is 6.27. The molecule has 0 spiro atoms. The van der Waals surface area contributed by atoms with Crippen LogP contribution in [0.3, 0.4) is 0 Å². The number of amides is 2. The molecule has 0 atom stereocenters. The van der Waals surface area contributed by atoms with E-state index in [0.29, 0.717) is 39.2 Å². The van der Waals surface area contributed by atoms with Gasteiger partial charge < -0.3 is 20.3 Å². The fourth-order valence-electron chi connectivity index (χ4n) is 2.66. The fourth-order valence-corrected chi connectivity index (χ4v) is 2.66. The summed E-state index contributed by atoms with van der Waals surface area (Å²) >= 11 is 0. The van der Waals surface area contributed by atoms with E-state index in [4.69, 9.17) is 4.74 Å². The molecule has 1 aromatic rings. The third kappa shape index (κ3) is 6.16. The van der Waals surface area contributed by atoms with Crippen molar-refractivity contribution in [2.45, 2.75) is 38.8 Å². The minimum absolute atomic E-state index is 0.0447. The first-order valence-corrected chi connectivity index (χ1v) is 8.49. The highest BCUT2D eigenvalue weighted by molar-refractivity contribution is 5.76. The molecular weight excluding hydrogens is 308 g/mol. The van der Waals surface area contributed by atoms with Gasteiger partial charge in [-0.25, -0.2) is 4.79 Å². The summed E-state index contributed by atoms with van der Waals surface area (Å²) in [6.45, 7) is 4.78. The summed E-state index contributed by atoms with van der Waals surface area (Å²) in [4.78, 5) is 29.3. The zero-order valence-corrected chi connectivity index (χ0v) is 14.2. The lowest BCUT2D eigenvalue weighted by Gasteiger charge is -2.31. The summed E-state index contributed by atoms with van der Waals surface area (Å²) in [7, 11) is 0. The largest absolute Gasteiger partial charge is 0.450 e. The van der Waals surface area contributed by atoms with Crippen LogP contribution in [0.1, 0.15) is 31.7 Å². The third-order valence-electron chi connectivity index (χ3n) is 3.97. The van der Waals surface area contributed by atoms with Gasteiger partial charge in [0.25, 0.3) is 0 Å². The van der Waals surface area contributed by atoms with Crippen LogP contribution < -0.4 is 10.6 Å². The monoisotopic (exact) mass is 334 g/mol. The van der Waals surface area contributed by atoms with Gasteiger partial charge >= 0.3 is 6.09 Å². The van der Waals surface area contributed by atoms with E-state index in [1.54, 1.807) is 18.0 Å². The minimum atomic E-state index is -0.262. The molecule has 24 heavy (non-hydrogen) atoms. The molecule has 0 unspecified atom stereocenters. The first-order valence-electron chi connectivity index (χ1n) is 8.49.